The molecule has 3 nitrogen and oxygen atoms in total. The Morgan fingerprint density at radius 2 is 1.18 bits per heavy atom. The maximum absolute atomic E-state index is 6.25. The average molecular weight is 655 g/mol. The highest BCUT2D eigenvalue weighted by Crippen LogP contribution is 2.41. The molecule has 11 aromatic rings. The zero-order chi connectivity index (χ0) is 32.8. The van der Waals surface area contributed by atoms with E-state index in [9.17, 15) is 0 Å². The summed E-state index contributed by atoms with van der Waals surface area (Å²) in [6, 6.07) is 54.4. The minimum Gasteiger partial charge on any atom is -0.436 e. The third kappa shape index (κ3) is 4.09. The second-order valence-corrected chi connectivity index (χ2v) is 14.0. The molecule has 0 unspecified atom stereocenters. The molecule has 0 saturated carbocycles. The van der Waals surface area contributed by atoms with Gasteiger partial charge in [-0.3, -0.25) is 0 Å². The molecule has 3 heterocycles. The summed E-state index contributed by atoms with van der Waals surface area (Å²) < 4.78 is 8.90. The predicted octanol–water partition coefficient (Wildman–Crippen LogP) is 13.2. The monoisotopic (exact) mass is 654 g/mol. The Morgan fingerprint density at radius 1 is 0.480 bits per heavy atom. The Hall–Kier alpha value is -6.36. The zero-order valence-electron chi connectivity index (χ0n) is 26.7. The molecule has 0 radical (unpaired) electrons. The van der Waals surface area contributed by atoms with Gasteiger partial charge in [0, 0.05) is 25.7 Å². The SMILES string of the molecule is c1cc(-c2ccc(-c3cccc4c3sc3ccccc34)cc2)cc(-c2cnc3oc4ccc5c6ccc7ccccc7c6ccc5c4c3n2)c1. The van der Waals surface area contributed by atoms with E-state index in [4.69, 9.17) is 14.4 Å². The van der Waals surface area contributed by atoms with Gasteiger partial charge in [0.2, 0.25) is 5.71 Å². The summed E-state index contributed by atoms with van der Waals surface area (Å²) in [6.07, 6.45) is 1.82. The summed E-state index contributed by atoms with van der Waals surface area (Å²) in [5, 5.41) is 10.9. The van der Waals surface area contributed by atoms with Crippen molar-refractivity contribution in [2.24, 2.45) is 0 Å². The molecule has 0 aliphatic rings. The lowest BCUT2D eigenvalue weighted by Crippen LogP contribution is -1.88. The highest BCUT2D eigenvalue weighted by atomic mass is 32.1. The fourth-order valence-corrected chi connectivity index (χ4v) is 8.99. The molecule has 0 N–H and O–H groups in total. The normalized spacial score (nSPS) is 12.0. The number of hydrogen-bond donors (Lipinski definition) is 0. The van der Waals surface area contributed by atoms with Crippen molar-refractivity contribution in [2.75, 3.05) is 0 Å². The van der Waals surface area contributed by atoms with E-state index in [2.05, 4.69) is 152 Å². The molecular weight excluding hydrogens is 629 g/mol. The Labute approximate surface area is 290 Å². The molecule has 0 aliphatic carbocycles. The second-order valence-electron chi connectivity index (χ2n) is 12.9. The van der Waals surface area contributed by atoms with Gasteiger partial charge in [-0.25, -0.2) is 9.97 Å². The van der Waals surface area contributed by atoms with E-state index < -0.39 is 0 Å². The van der Waals surface area contributed by atoms with Gasteiger partial charge in [-0.1, -0.05) is 133 Å². The molecule has 0 bridgehead atoms. The first-order valence-electron chi connectivity index (χ1n) is 16.8. The minimum absolute atomic E-state index is 0.551. The molecule has 0 fully saturated rings. The first kappa shape index (κ1) is 27.6. The lowest BCUT2D eigenvalue weighted by atomic mass is 9.95. The maximum atomic E-state index is 6.25. The van der Waals surface area contributed by atoms with Crippen LogP contribution in [-0.4, -0.2) is 9.97 Å². The summed E-state index contributed by atoms with van der Waals surface area (Å²) in [7, 11) is 0. The van der Waals surface area contributed by atoms with Gasteiger partial charge in [-0.2, -0.15) is 0 Å². The highest BCUT2D eigenvalue weighted by Gasteiger charge is 2.17. The molecule has 3 aromatic heterocycles. The summed E-state index contributed by atoms with van der Waals surface area (Å²) in [5.74, 6) is 0. The predicted molar refractivity (Wildman–Crippen MR) is 211 cm³/mol. The number of fused-ring (bicyclic) bond motifs is 12. The Balaban J connectivity index is 0.993. The number of hydrogen-bond acceptors (Lipinski definition) is 4. The van der Waals surface area contributed by atoms with Gasteiger partial charge in [0.1, 0.15) is 11.1 Å². The lowest BCUT2D eigenvalue weighted by molar-refractivity contribution is 0.653. The largest absolute Gasteiger partial charge is 0.436 e. The smallest absolute Gasteiger partial charge is 0.246 e. The summed E-state index contributed by atoms with van der Waals surface area (Å²) in [4.78, 5) is 9.96. The Kier molecular flexibility index (Phi) is 5.83. The fourth-order valence-electron chi connectivity index (χ4n) is 7.75. The van der Waals surface area contributed by atoms with Crippen molar-refractivity contribution < 1.29 is 4.42 Å². The number of benzene rings is 8. The lowest BCUT2D eigenvalue weighted by Gasteiger charge is -2.09. The van der Waals surface area contributed by atoms with Crippen molar-refractivity contribution in [3.05, 3.63) is 158 Å². The van der Waals surface area contributed by atoms with Gasteiger partial charge in [-0.15, -0.1) is 11.3 Å². The zero-order valence-corrected chi connectivity index (χ0v) is 27.5. The summed E-state index contributed by atoms with van der Waals surface area (Å²) in [5.41, 5.74) is 8.76. The van der Waals surface area contributed by atoms with E-state index in [1.165, 1.54) is 58.2 Å². The third-order valence-electron chi connectivity index (χ3n) is 10.2. The van der Waals surface area contributed by atoms with Crippen LogP contribution in [0.25, 0.3) is 108 Å². The van der Waals surface area contributed by atoms with E-state index in [1.807, 2.05) is 17.5 Å². The van der Waals surface area contributed by atoms with Crippen LogP contribution in [0.1, 0.15) is 0 Å². The van der Waals surface area contributed by atoms with Crippen LogP contribution < -0.4 is 0 Å². The van der Waals surface area contributed by atoms with Crippen LogP contribution in [0.3, 0.4) is 0 Å². The van der Waals surface area contributed by atoms with Crippen LogP contribution in [0.5, 0.6) is 0 Å². The van der Waals surface area contributed by atoms with E-state index >= 15 is 0 Å². The molecule has 0 amide bonds. The Morgan fingerprint density at radius 3 is 2.12 bits per heavy atom. The third-order valence-corrected chi connectivity index (χ3v) is 11.4. The number of aromatic nitrogens is 2. The average Bonchev–Trinajstić information content (AvgIpc) is 3.76. The van der Waals surface area contributed by atoms with Gasteiger partial charge in [-0.05, 0) is 72.8 Å². The highest BCUT2D eigenvalue weighted by molar-refractivity contribution is 7.26. The van der Waals surface area contributed by atoms with Crippen LogP contribution in [0.2, 0.25) is 0 Å². The molecule has 232 valence electrons. The Bertz CT molecular complexity index is 3150. The van der Waals surface area contributed by atoms with Crippen molar-refractivity contribution in [2.45, 2.75) is 0 Å². The van der Waals surface area contributed by atoms with E-state index in [-0.39, 0.29) is 0 Å². The molecule has 0 spiro atoms. The van der Waals surface area contributed by atoms with Crippen LogP contribution in [0.15, 0.2) is 162 Å². The topological polar surface area (TPSA) is 38.9 Å². The molecule has 8 aromatic carbocycles. The van der Waals surface area contributed by atoms with E-state index in [0.717, 1.165) is 44.3 Å². The minimum atomic E-state index is 0.551. The molecule has 50 heavy (non-hydrogen) atoms. The van der Waals surface area contributed by atoms with Crippen LogP contribution in [-0.2, 0) is 0 Å². The summed E-state index contributed by atoms with van der Waals surface area (Å²) in [6.45, 7) is 0. The molecule has 0 atom stereocenters. The number of furan rings is 1. The molecular formula is C46H26N2OS. The maximum Gasteiger partial charge on any atom is 0.246 e. The van der Waals surface area contributed by atoms with Gasteiger partial charge in [0.25, 0.3) is 0 Å². The van der Waals surface area contributed by atoms with Crippen LogP contribution in [0.4, 0.5) is 0 Å². The van der Waals surface area contributed by atoms with Crippen molar-refractivity contribution in [1.29, 1.82) is 0 Å². The van der Waals surface area contributed by atoms with Crippen molar-refractivity contribution >= 4 is 86.0 Å². The van der Waals surface area contributed by atoms with Gasteiger partial charge in [0.05, 0.1) is 17.3 Å². The molecule has 0 saturated heterocycles. The number of nitrogens with zero attached hydrogens (tertiary/aromatic N) is 2. The van der Waals surface area contributed by atoms with Crippen LogP contribution >= 0.6 is 11.3 Å². The van der Waals surface area contributed by atoms with E-state index in [0.29, 0.717) is 5.71 Å². The quantitative estimate of drug-likeness (QED) is 0.178. The van der Waals surface area contributed by atoms with Gasteiger partial charge in [0.15, 0.2) is 0 Å². The summed E-state index contributed by atoms with van der Waals surface area (Å²) >= 11 is 1.87. The first-order valence-corrected chi connectivity index (χ1v) is 17.6. The van der Waals surface area contributed by atoms with E-state index in [1.54, 1.807) is 0 Å². The second kappa shape index (κ2) is 10.6. The van der Waals surface area contributed by atoms with Crippen molar-refractivity contribution in [1.82, 2.24) is 9.97 Å². The van der Waals surface area contributed by atoms with Crippen LogP contribution in [0, 0.1) is 0 Å². The number of rotatable bonds is 3. The standard InChI is InChI=1S/C46H26N2OS/c1-2-10-32-28(7-1)19-20-35-34(32)21-22-38-36(35)23-24-41-43(38)44-46(49-41)47-26-40(48-44)31-9-5-8-30(25-31)27-15-17-29(18-16-27)33-12-6-13-39-37-11-3-4-14-42(37)50-45(33)39/h1-26H. The first-order chi connectivity index (χ1) is 24.8. The van der Waals surface area contributed by atoms with Gasteiger partial charge >= 0.3 is 0 Å². The number of thiophene rings is 1. The fraction of sp³-hybridized carbons (Fsp3) is 0. The van der Waals surface area contributed by atoms with Crippen molar-refractivity contribution in [3.8, 4) is 33.5 Å². The molecule has 0 aliphatic heterocycles. The molecule has 11 rings (SSSR count). The van der Waals surface area contributed by atoms with Gasteiger partial charge < -0.3 is 4.42 Å². The molecule has 4 heteroatoms. The van der Waals surface area contributed by atoms with Crippen molar-refractivity contribution in [3.63, 3.8) is 0 Å².